The highest BCUT2D eigenvalue weighted by Crippen LogP contribution is 2.33. The number of benzene rings is 1. The van der Waals surface area contributed by atoms with Gasteiger partial charge >= 0.3 is 5.91 Å². The van der Waals surface area contributed by atoms with Gasteiger partial charge in [-0.05, 0) is 50.2 Å². The molecule has 0 radical (unpaired) electrons. The van der Waals surface area contributed by atoms with Gasteiger partial charge in [0.1, 0.15) is 6.04 Å². The standard InChI is InChI=1S/C23H35N2O2/c1-3-7-17(2)25(13-5-4-9-20(25)16-24)23(27)15-18-11-12-21-19(14-18)8-6-10-22(21)26/h11-12,14,17,20H,3-10,13,15-16,24H2,1-2H3/q+1/t17?,20-,25?/m0/s1. The van der Waals surface area contributed by atoms with Crippen LogP contribution in [0, 0.1) is 0 Å². The smallest absolute Gasteiger partial charge is 0.318 e. The Morgan fingerprint density at radius 2 is 2.07 bits per heavy atom. The van der Waals surface area contributed by atoms with Crippen molar-refractivity contribution in [3.63, 3.8) is 0 Å². The van der Waals surface area contributed by atoms with Crippen LogP contribution in [0.1, 0.15) is 80.3 Å². The third-order valence-corrected chi connectivity index (χ3v) is 6.87. The van der Waals surface area contributed by atoms with E-state index >= 15 is 0 Å². The van der Waals surface area contributed by atoms with Crippen molar-refractivity contribution in [1.82, 2.24) is 0 Å². The van der Waals surface area contributed by atoms with Gasteiger partial charge in [-0.25, -0.2) is 4.79 Å². The highest BCUT2D eigenvalue weighted by molar-refractivity contribution is 5.98. The van der Waals surface area contributed by atoms with Gasteiger partial charge < -0.3 is 5.73 Å². The van der Waals surface area contributed by atoms with Gasteiger partial charge in [0, 0.05) is 24.9 Å². The lowest BCUT2D eigenvalue weighted by Gasteiger charge is -2.49. The highest BCUT2D eigenvalue weighted by atomic mass is 16.2. The van der Waals surface area contributed by atoms with Crippen LogP contribution in [-0.4, -0.2) is 41.3 Å². The van der Waals surface area contributed by atoms with Crippen LogP contribution in [0.4, 0.5) is 0 Å². The quantitative estimate of drug-likeness (QED) is 0.774. The fourth-order valence-electron chi connectivity index (χ4n) is 5.41. The Morgan fingerprint density at radius 1 is 1.26 bits per heavy atom. The summed E-state index contributed by atoms with van der Waals surface area (Å²) in [7, 11) is 0. The van der Waals surface area contributed by atoms with Crippen molar-refractivity contribution in [2.75, 3.05) is 13.1 Å². The number of hydrogen-bond donors (Lipinski definition) is 1. The lowest BCUT2D eigenvalue weighted by Crippen LogP contribution is -2.68. The first-order valence-electron chi connectivity index (χ1n) is 10.8. The normalized spacial score (nSPS) is 26.5. The summed E-state index contributed by atoms with van der Waals surface area (Å²) in [6.07, 6.45) is 8.45. The van der Waals surface area contributed by atoms with Gasteiger partial charge in [0.15, 0.2) is 5.78 Å². The summed E-state index contributed by atoms with van der Waals surface area (Å²) >= 11 is 0. The van der Waals surface area contributed by atoms with Crippen molar-refractivity contribution in [3.05, 3.63) is 34.9 Å². The van der Waals surface area contributed by atoms with E-state index in [1.165, 1.54) is 6.42 Å². The zero-order valence-corrected chi connectivity index (χ0v) is 17.0. The number of ketones is 1. The van der Waals surface area contributed by atoms with Crippen LogP contribution < -0.4 is 5.73 Å². The number of amides is 1. The third kappa shape index (κ3) is 3.88. The second-order valence-electron chi connectivity index (χ2n) is 8.52. The molecule has 1 heterocycles. The van der Waals surface area contributed by atoms with Crippen molar-refractivity contribution >= 4 is 11.7 Å². The molecule has 1 aromatic carbocycles. The molecule has 0 bridgehead atoms. The van der Waals surface area contributed by atoms with Crippen molar-refractivity contribution in [3.8, 4) is 0 Å². The predicted molar refractivity (Wildman–Crippen MR) is 109 cm³/mol. The first kappa shape index (κ1) is 20.2. The minimum atomic E-state index is 0.243. The Kier molecular flexibility index (Phi) is 6.48. The zero-order chi connectivity index (χ0) is 19.4. The van der Waals surface area contributed by atoms with E-state index in [1.54, 1.807) is 0 Å². The summed E-state index contributed by atoms with van der Waals surface area (Å²) in [6, 6.07) is 6.59. The van der Waals surface area contributed by atoms with E-state index in [9.17, 15) is 9.59 Å². The maximum atomic E-state index is 13.7. The molecule has 1 aromatic rings. The minimum absolute atomic E-state index is 0.243. The molecule has 1 amide bonds. The molecule has 2 aliphatic rings. The number of piperidine rings is 1. The molecule has 0 saturated carbocycles. The molecule has 1 aliphatic heterocycles. The lowest BCUT2D eigenvalue weighted by atomic mass is 9.88. The zero-order valence-electron chi connectivity index (χ0n) is 17.0. The van der Waals surface area contributed by atoms with Crippen LogP contribution in [0.3, 0.4) is 0 Å². The number of aryl methyl sites for hydroxylation is 1. The fraction of sp³-hybridized carbons (Fsp3) is 0.652. The summed E-state index contributed by atoms with van der Waals surface area (Å²) in [6.45, 7) is 5.93. The summed E-state index contributed by atoms with van der Waals surface area (Å²) in [5.41, 5.74) is 9.18. The van der Waals surface area contributed by atoms with Gasteiger partial charge in [-0.3, -0.25) is 9.28 Å². The molecule has 3 atom stereocenters. The van der Waals surface area contributed by atoms with Crippen molar-refractivity contribution < 1.29 is 14.1 Å². The predicted octanol–water partition coefficient (Wildman–Crippen LogP) is 3.79. The van der Waals surface area contributed by atoms with Gasteiger partial charge in [0.05, 0.1) is 19.0 Å². The van der Waals surface area contributed by atoms with E-state index < -0.39 is 0 Å². The lowest BCUT2D eigenvalue weighted by molar-refractivity contribution is -0.905. The van der Waals surface area contributed by atoms with Crippen LogP contribution in [0.2, 0.25) is 0 Å². The topological polar surface area (TPSA) is 60.2 Å². The minimum Gasteiger partial charge on any atom is -0.325 e. The largest absolute Gasteiger partial charge is 0.325 e. The number of hydrogen-bond acceptors (Lipinski definition) is 3. The first-order chi connectivity index (χ1) is 13.0. The molecular weight excluding hydrogens is 336 g/mol. The Morgan fingerprint density at radius 3 is 2.81 bits per heavy atom. The third-order valence-electron chi connectivity index (χ3n) is 6.87. The summed E-state index contributed by atoms with van der Waals surface area (Å²) in [5, 5.41) is 0. The molecule has 2 unspecified atom stereocenters. The Labute approximate surface area is 163 Å². The maximum absolute atomic E-state index is 13.7. The number of carbonyl (C=O) groups is 2. The fourth-order valence-corrected chi connectivity index (χ4v) is 5.41. The van der Waals surface area contributed by atoms with Crippen LogP contribution in [0.5, 0.6) is 0 Å². The van der Waals surface area contributed by atoms with Gasteiger partial charge in [0.2, 0.25) is 0 Å². The molecule has 1 fully saturated rings. The molecule has 27 heavy (non-hydrogen) atoms. The molecule has 3 rings (SSSR count). The van der Waals surface area contributed by atoms with E-state index in [1.807, 2.05) is 12.1 Å². The number of nitrogens with two attached hydrogens (primary N) is 1. The number of Topliss-reactive ketones (excluding diaryl/α,β-unsaturated/α-hetero) is 1. The second kappa shape index (κ2) is 8.66. The van der Waals surface area contributed by atoms with E-state index in [4.69, 9.17) is 5.73 Å². The number of quaternary nitrogens is 1. The molecule has 4 heteroatoms. The van der Waals surface area contributed by atoms with Crippen molar-refractivity contribution in [1.29, 1.82) is 0 Å². The first-order valence-corrected chi connectivity index (χ1v) is 10.8. The van der Waals surface area contributed by atoms with Crippen LogP contribution in [0.15, 0.2) is 18.2 Å². The molecule has 1 aliphatic carbocycles. The monoisotopic (exact) mass is 371 g/mol. The van der Waals surface area contributed by atoms with Gasteiger partial charge in [-0.15, -0.1) is 0 Å². The Bertz CT molecular complexity index is 700. The number of rotatable bonds is 6. The van der Waals surface area contributed by atoms with E-state index in [2.05, 4.69) is 19.9 Å². The van der Waals surface area contributed by atoms with Crippen molar-refractivity contribution in [2.24, 2.45) is 5.73 Å². The summed E-state index contributed by atoms with van der Waals surface area (Å²) < 4.78 is 0.556. The van der Waals surface area contributed by atoms with Crippen molar-refractivity contribution in [2.45, 2.75) is 83.7 Å². The van der Waals surface area contributed by atoms with E-state index in [-0.39, 0.29) is 11.8 Å². The van der Waals surface area contributed by atoms with Crippen LogP contribution in [-0.2, 0) is 17.6 Å². The molecule has 1 saturated heterocycles. The molecule has 0 aromatic heterocycles. The number of nitrogens with zero attached hydrogens (tertiary/aromatic N) is 1. The Hall–Kier alpha value is -1.52. The second-order valence-corrected chi connectivity index (χ2v) is 8.52. The van der Waals surface area contributed by atoms with Crippen LogP contribution in [0.25, 0.3) is 0 Å². The maximum Gasteiger partial charge on any atom is 0.318 e. The number of carbonyl (C=O) groups excluding carboxylic acids is 2. The Balaban J connectivity index is 1.87. The summed E-state index contributed by atoms with van der Waals surface area (Å²) in [5.74, 6) is 0.557. The molecule has 148 valence electrons. The van der Waals surface area contributed by atoms with Gasteiger partial charge in [-0.1, -0.05) is 31.5 Å². The highest BCUT2D eigenvalue weighted by Gasteiger charge is 2.48. The molecule has 2 N–H and O–H groups in total. The van der Waals surface area contributed by atoms with Crippen LogP contribution >= 0.6 is 0 Å². The van der Waals surface area contributed by atoms with Gasteiger partial charge in [-0.2, -0.15) is 0 Å². The average Bonchev–Trinajstić information content (AvgIpc) is 2.68. The van der Waals surface area contributed by atoms with E-state index in [0.29, 0.717) is 35.8 Å². The SMILES string of the molecule is CCCC(C)[N+]1(C(=O)Cc2ccc3c(c2)CCCC3=O)CCCC[C@H]1CN. The van der Waals surface area contributed by atoms with E-state index in [0.717, 1.165) is 61.8 Å². The summed E-state index contributed by atoms with van der Waals surface area (Å²) in [4.78, 5) is 25.7. The molecule has 0 spiro atoms. The molecular formula is C23H35N2O2+. The molecule has 4 nitrogen and oxygen atoms in total. The number of fused-ring (bicyclic) bond motifs is 1. The van der Waals surface area contributed by atoms with Gasteiger partial charge in [0.25, 0.3) is 0 Å². The number of likely N-dealkylation sites (tertiary alicyclic amines) is 1. The average molecular weight is 372 g/mol.